The molecule has 0 aliphatic carbocycles. The van der Waals surface area contributed by atoms with E-state index in [4.69, 9.17) is 4.42 Å². The van der Waals surface area contributed by atoms with Gasteiger partial charge in [0.1, 0.15) is 12.3 Å². The number of nitrogens with one attached hydrogen (secondary N) is 2. The number of halogens is 1. The SMILES string of the molecule is CCNC(=O)[C@H](C)NC(=O)c1coc(Br)c1. The molecule has 2 amide bonds. The van der Waals surface area contributed by atoms with Crippen LogP contribution in [0.1, 0.15) is 24.2 Å². The molecule has 16 heavy (non-hydrogen) atoms. The Labute approximate surface area is 102 Å². The molecule has 6 heteroatoms. The molecule has 1 atom stereocenters. The summed E-state index contributed by atoms with van der Waals surface area (Å²) in [4.78, 5) is 23.0. The lowest BCUT2D eigenvalue weighted by atomic mass is 10.2. The summed E-state index contributed by atoms with van der Waals surface area (Å²) in [5, 5.41) is 5.18. The zero-order valence-corrected chi connectivity index (χ0v) is 10.6. The van der Waals surface area contributed by atoms with Crippen LogP contribution in [0.5, 0.6) is 0 Å². The number of hydrogen-bond donors (Lipinski definition) is 2. The summed E-state index contributed by atoms with van der Waals surface area (Å²) >= 11 is 3.09. The Hall–Kier alpha value is -1.30. The predicted octanol–water partition coefficient (Wildman–Crippen LogP) is 1.30. The summed E-state index contributed by atoms with van der Waals surface area (Å²) in [6, 6.07) is 0.973. The van der Waals surface area contributed by atoms with E-state index in [9.17, 15) is 9.59 Å². The fraction of sp³-hybridized carbons (Fsp3) is 0.400. The lowest BCUT2D eigenvalue weighted by molar-refractivity contribution is -0.122. The molecule has 0 aliphatic heterocycles. The highest BCUT2D eigenvalue weighted by molar-refractivity contribution is 9.10. The molecule has 0 unspecified atom stereocenters. The molecule has 88 valence electrons. The molecule has 0 saturated carbocycles. The Morgan fingerprint density at radius 2 is 2.25 bits per heavy atom. The Bertz CT molecular complexity index is 389. The van der Waals surface area contributed by atoms with Gasteiger partial charge in [0, 0.05) is 12.6 Å². The zero-order valence-electron chi connectivity index (χ0n) is 9.04. The van der Waals surface area contributed by atoms with Crippen molar-refractivity contribution in [1.29, 1.82) is 0 Å². The van der Waals surface area contributed by atoms with Gasteiger partial charge in [-0.2, -0.15) is 0 Å². The zero-order chi connectivity index (χ0) is 12.1. The van der Waals surface area contributed by atoms with E-state index >= 15 is 0 Å². The van der Waals surface area contributed by atoms with E-state index in [-0.39, 0.29) is 11.8 Å². The van der Waals surface area contributed by atoms with E-state index in [2.05, 4.69) is 26.6 Å². The van der Waals surface area contributed by atoms with E-state index in [1.54, 1.807) is 13.0 Å². The highest BCUT2D eigenvalue weighted by atomic mass is 79.9. The van der Waals surface area contributed by atoms with Crippen LogP contribution in [0.4, 0.5) is 0 Å². The van der Waals surface area contributed by atoms with E-state index in [1.807, 2.05) is 6.92 Å². The normalized spacial score (nSPS) is 11.9. The van der Waals surface area contributed by atoms with Crippen molar-refractivity contribution in [2.75, 3.05) is 6.54 Å². The van der Waals surface area contributed by atoms with Gasteiger partial charge in [0.25, 0.3) is 5.91 Å². The fourth-order valence-corrected chi connectivity index (χ4v) is 1.44. The van der Waals surface area contributed by atoms with Gasteiger partial charge in [0.2, 0.25) is 5.91 Å². The van der Waals surface area contributed by atoms with Gasteiger partial charge in [-0.25, -0.2) is 0 Å². The van der Waals surface area contributed by atoms with E-state index in [1.165, 1.54) is 6.26 Å². The third kappa shape index (κ3) is 3.37. The minimum atomic E-state index is -0.568. The van der Waals surface area contributed by atoms with Gasteiger partial charge in [-0.15, -0.1) is 0 Å². The van der Waals surface area contributed by atoms with Crippen molar-refractivity contribution in [3.8, 4) is 0 Å². The molecular weight excluding hydrogens is 276 g/mol. The minimum Gasteiger partial charge on any atom is -0.457 e. The number of hydrogen-bond acceptors (Lipinski definition) is 3. The molecule has 1 aromatic rings. The molecule has 0 spiro atoms. The van der Waals surface area contributed by atoms with Crippen LogP contribution in [0.3, 0.4) is 0 Å². The molecule has 0 radical (unpaired) electrons. The molecule has 1 aromatic heterocycles. The second-order valence-electron chi connectivity index (χ2n) is 3.23. The molecular formula is C10H13BrN2O3. The van der Waals surface area contributed by atoms with Crippen LogP contribution < -0.4 is 10.6 Å². The summed E-state index contributed by atoms with van der Waals surface area (Å²) in [5.74, 6) is -0.549. The molecule has 0 fully saturated rings. The van der Waals surface area contributed by atoms with Crippen LogP contribution in [0.2, 0.25) is 0 Å². The highest BCUT2D eigenvalue weighted by Crippen LogP contribution is 2.13. The van der Waals surface area contributed by atoms with Gasteiger partial charge in [0.05, 0.1) is 5.56 Å². The van der Waals surface area contributed by atoms with Gasteiger partial charge in [-0.1, -0.05) is 0 Å². The van der Waals surface area contributed by atoms with Gasteiger partial charge < -0.3 is 15.1 Å². The second-order valence-corrected chi connectivity index (χ2v) is 4.01. The first-order valence-electron chi connectivity index (χ1n) is 4.87. The van der Waals surface area contributed by atoms with Crippen molar-refractivity contribution < 1.29 is 14.0 Å². The third-order valence-corrected chi connectivity index (χ3v) is 2.34. The Morgan fingerprint density at radius 1 is 1.56 bits per heavy atom. The second kappa shape index (κ2) is 5.69. The molecule has 0 bridgehead atoms. The van der Waals surface area contributed by atoms with Crippen LogP contribution in [-0.2, 0) is 4.79 Å². The fourth-order valence-electron chi connectivity index (χ4n) is 1.10. The van der Waals surface area contributed by atoms with Gasteiger partial charge >= 0.3 is 0 Å². The van der Waals surface area contributed by atoms with E-state index in [0.29, 0.717) is 16.8 Å². The quantitative estimate of drug-likeness (QED) is 0.877. The van der Waals surface area contributed by atoms with Crippen LogP contribution in [0, 0.1) is 0 Å². The van der Waals surface area contributed by atoms with Crippen molar-refractivity contribution >= 4 is 27.7 Å². The molecule has 5 nitrogen and oxygen atoms in total. The van der Waals surface area contributed by atoms with Gasteiger partial charge in [-0.3, -0.25) is 9.59 Å². The molecule has 1 rings (SSSR count). The van der Waals surface area contributed by atoms with Crippen molar-refractivity contribution in [2.45, 2.75) is 19.9 Å². The first-order chi connectivity index (χ1) is 7.54. The first-order valence-corrected chi connectivity index (χ1v) is 5.66. The molecule has 2 N–H and O–H groups in total. The highest BCUT2D eigenvalue weighted by Gasteiger charge is 2.16. The maximum absolute atomic E-state index is 11.6. The van der Waals surface area contributed by atoms with Crippen LogP contribution >= 0.6 is 15.9 Å². The Balaban J connectivity index is 2.54. The van der Waals surface area contributed by atoms with Crippen LogP contribution in [0.25, 0.3) is 0 Å². The van der Waals surface area contributed by atoms with Gasteiger partial charge in [0.15, 0.2) is 4.67 Å². The predicted molar refractivity (Wildman–Crippen MR) is 62.0 cm³/mol. The number of carbonyl (C=O) groups excluding carboxylic acids is 2. The Morgan fingerprint density at radius 3 is 2.75 bits per heavy atom. The standard InChI is InChI=1S/C10H13BrN2O3/c1-3-12-9(14)6(2)13-10(15)7-4-8(11)16-5-7/h4-6H,3H2,1-2H3,(H,12,14)(H,13,15)/t6-/m0/s1. The van der Waals surface area contributed by atoms with E-state index in [0.717, 1.165) is 0 Å². The maximum atomic E-state index is 11.6. The molecule has 1 heterocycles. The summed E-state index contributed by atoms with van der Waals surface area (Å²) in [6.07, 6.45) is 1.32. The monoisotopic (exact) mass is 288 g/mol. The average molecular weight is 289 g/mol. The lowest BCUT2D eigenvalue weighted by Crippen LogP contribution is -2.44. The van der Waals surface area contributed by atoms with Crippen molar-refractivity contribution in [2.24, 2.45) is 0 Å². The van der Waals surface area contributed by atoms with Gasteiger partial charge in [-0.05, 0) is 29.8 Å². The lowest BCUT2D eigenvalue weighted by Gasteiger charge is -2.12. The largest absolute Gasteiger partial charge is 0.457 e. The topological polar surface area (TPSA) is 71.3 Å². The summed E-state index contributed by atoms with van der Waals surface area (Å²) < 4.78 is 5.41. The molecule has 0 saturated heterocycles. The number of likely N-dealkylation sites (N-methyl/N-ethyl adjacent to an activating group) is 1. The summed E-state index contributed by atoms with van der Waals surface area (Å²) in [6.45, 7) is 3.98. The number of carbonyl (C=O) groups is 2. The number of rotatable bonds is 4. The third-order valence-electron chi connectivity index (χ3n) is 1.92. The van der Waals surface area contributed by atoms with E-state index < -0.39 is 6.04 Å². The molecule has 0 aliphatic rings. The average Bonchev–Trinajstić information content (AvgIpc) is 2.65. The van der Waals surface area contributed by atoms with Crippen molar-refractivity contribution in [3.63, 3.8) is 0 Å². The van der Waals surface area contributed by atoms with Crippen LogP contribution in [-0.4, -0.2) is 24.4 Å². The minimum absolute atomic E-state index is 0.210. The smallest absolute Gasteiger partial charge is 0.255 e. The summed E-state index contributed by atoms with van der Waals surface area (Å²) in [7, 11) is 0. The van der Waals surface area contributed by atoms with Crippen LogP contribution in [0.15, 0.2) is 21.4 Å². The van der Waals surface area contributed by atoms with Crippen molar-refractivity contribution in [1.82, 2.24) is 10.6 Å². The number of furan rings is 1. The first kappa shape index (κ1) is 12.8. The Kier molecular flexibility index (Phi) is 4.54. The van der Waals surface area contributed by atoms with Crippen molar-refractivity contribution in [3.05, 3.63) is 22.6 Å². The number of amides is 2. The maximum Gasteiger partial charge on any atom is 0.255 e. The summed E-state index contributed by atoms with van der Waals surface area (Å²) in [5.41, 5.74) is 0.378. The molecule has 0 aromatic carbocycles.